The fourth-order valence-electron chi connectivity index (χ4n) is 4.07. The Morgan fingerprint density at radius 3 is 2.50 bits per heavy atom. The third kappa shape index (κ3) is 3.72. The molecule has 2 N–H and O–H groups in total. The number of aromatic hydroxyl groups is 1. The number of halogens is 2. The van der Waals surface area contributed by atoms with E-state index in [4.69, 9.17) is 21.1 Å². The molecule has 0 aliphatic carbocycles. The number of Topliss-reactive ketones (excluding diaryl/α,β-unsaturated/α-hetero) is 1. The number of aliphatic hydroxyl groups excluding tert-OH is 1. The van der Waals surface area contributed by atoms with Crippen molar-refractivity contribution in [2.45, 2.75) is 12.6 Å². The van der Waals surface area contributed by atoms with Gasteiger partial charge in [0, 0.05) is 12.1 Å². The number of phenols is 1. The zero-order chi connectivity index (χ0) is 24.0. The van der Waals surface area contributed by atoms with Crippen LogP contribution in [0.1, 0.15) is 22.7 Å². The Morgan fingerprint density at radius 1 is 1.03 bits per heavy atom. The highest BCUT2D eigenvalue weighted by molar-refractivity contribution is 6.46. The lowest BCUT2D eigenvalue weighted by Gasteiger charge is -2.25. The van der Waals surface area contributed by atoms with Crippen molar-refractivity contribution in [3.63, 3.8) is 0 Å². The van der Waals surface area contributed by atoms with E-state index in [0.29, 0.717) is 22.6 Å². The molecule has 3 aromatic rings. The van der Waals surface area contributed by atoms with Gasteiger partial charge >= 0.3 is 0 Å². The average molecular weight is 482 g/mol. The summed E-state index contributed by atoms with van der Waals surface area (Å²) in [6, 6.07) is 13.5. The Bertz CT molecular complexity index is 1350. The third-order valence-electron chi connectivity index (χ3n) is 5.74. The molecule has 2 heterocycles. The molecule has 34 heavy (non-hydrogen) atoms. The van der Waals surface area contributed by atoms with Gasteiger partial charge in [0.2, 0.25) is 6.79 Å². The Labute approximate surface area is 198 Å². The van der Waals surface area contributed by atoms with Gasteiger partial charge in [-0.3, -0.25) is 9.59 Å². The molecular formula is C25H17ClFNO6. The fourth-order valence-corrected chi connectivity index (χ4v) is 4.26. The van der Waals surface area contributed by atoms with Crippen LogP contribution in [0, 0.1) is 5.82 Å². The van der Waals surface area contributed by atoms with Crippen LogP contribution in [0.2, 0.25) is 5.02 Å². The van der Waals surface area contributed by atoms with Gasteiger partial charge < -0.3 is 24.6 Å². The fraction of sp³-hybridized carbons (Fsp3) is 0.120. The lowest BCUT2D eigenvalue weighted by Crippen LogP contribution is -2.29. The third-order valence-corrected chi connectivity index (χ3v) is 6.04. The summed E-state index contributed by atoms with van der Waals surface area (Å²) in [5, 5.41) is 21.0. The summed E-state index contributed by atoms with van der Waals surface area (Å²) in [6.07, 6.45) is 0. The van der Waals surface area contributed by atoms with Gasteiger partial charge in [0.15, 0.2) is 11.5 Å². The maximum absolute atomic E-state index is 13.4. The monoisotopic (exact) mass is 481 g/mol. The van der Waals surface area contributed by atoms with Crippen molar-refractivity contribution in [1.82, 2.24) is 4.90 Å². The molecule has 1 atom stereocenters. The van der Waals surface area contributed by atoms with Gasteiger partial charge in [-0.1, -0.05) is 29.8 Å². The maximum Gasteiger partial charge on any atom is 0.295 e. The van der Waals surface area contributed by atoms with Crippen LogP contribution in [0.4, 0.5) is 4.39 Å². The Balaban J connectivity index is 1.64. The Kier molecular flexibility index (Phi) is 5.37. The first-order chi connectivity index (χ1) is 16.3. The van der Waals surface area contributed by atoms with Crippen LogP contribution in [0.5, 0.6) is 17.2 Å². The number of carbonyl (C=O) groups excluding carboxylic acids is 2. The van der Waals surface area contributed by atoms with Crippen LogP contribution in [0.3, 0.4) is 0 Å². The van der Waals surface area contributed by atoms with Gasteiger partial charge in [-0.15, -0.1) is 0 Å². The molecule has 2 aliphatic rings. The minimum Gasteiger partial charge on any atom is -0.507 e. The lowest BCUT2D eigenvalue weighted by molar-refractivity contribution is -0.140. The molecule has 0 spiro atoms. The lowest BCUT2D eigenvalue weighted by atomic mass is 9.95. The summed E-state index contributed by atoms with van der Waals surface area (Å²) in [5.74, 6) is -1.82. The number of likely N-dealkylation sites (tertiary alicyclic amines) is 1. The van der Waals surface area contributed by atoms with E-state index < -0.39 is 29.3 Å². The number of hydrogen-bond donors (Lipinski definition) is 2. The molecule has 0 saturated carbocycles. The highest BCUT2D eigenvalue weighted by atomic mass is 35.5. The van der Waals surface area contributed by atoms with Crippen molar-refractivity contribution in [2.75, 3.05) is 6.79 Å². The first kappa shape index (κ1) is 21.8. The minimum absolute atomic E-state index is 0.0212. The van der Waals surface area contributed by atoms with E-state index >= 15 is 0 Å². The summed E-state index contributed by atoms with van der Waals surface area (Å²) in [4.78, 5) is 27.5. The first-order valence-corrected chi connectivity index (χ1v) is 10.6. The van der Waals surface area contributed by atoms with E-state index in [2.05, 4.69) is 0 Å². The number of amides is 1. The van der Waals surface area contributed by atoms with E-state index in [1.54, 1.807) is 12.1 Å². The number of ketones is 1. The van der Waals surface area contributed by atoms with Crippen LogP contribution >= 0.6 is 11.6 Å². The van der Waals surface area contributed by atoms with Gasteiger partial charge in [0.1, 0.15) is 17.3 Å². The number of ether oxygens (including phenoxy) is 2. The van der Waals surface area contributed by atoms with Crippen molar-refractivity contribution in [2.24, 2.45) is 0 Å². The quantitative estimate of drug-likeness (QED) is 0.323. The molecule has 2 aliphatic heterocycles. The molecule has 5 rings (SSSR count). The highest BCUT2D eigenvalue weighted by Crippen LogP contribution is 2.43. The number of aliphatic hydroxyl groups is 1. The summed E-state index contributed by atoms with van der Waals surface area (Å²) < 4.78 is 24.0. The number of benzene rings is 3. The second-order valence-corrected chi connectivity index (χ2v) is 8.24. The van der Waals surface area contributed by atoms with Crippen LogP contribution in [-0.4, -0.2) is 33.6 Å². The van der Waals surface area contributed by atoms with E-state index in [1.807, 2.05) is 0 Å². The average Bonchev–Trinajstić information content (AvgIpc) is 3.39. The topological polar surface area (TPSA) is 96.3 Å². The molecule has 1 saturated heterocycles. The van der Waals surface area contributed by atoms with E-state index in [0.717, 1.165) is 0 Å². The molecule has 1 unspecified atom stereocenters. The van der Waals surface area contributed by atoms with Crippen molar-refractivity contribution in [3.05, 3.63) is 93.8 Å². The number of rotatable bonds is 4. The summed E-state index contributed by atoms with van der Waals surface area (Å²) in [6.45, 7) is 0.0134. The summed E-state index contributed by atoms with van der Waals surface area (Å²) in [7, 11) is 0. The number of nitrogens with zero attached hydrogens (tertiary/aromatic N) is 1. The maximum atomic E-state index is 13.4. The Morgan fingerprint density at radius 2 is 1.76 bits per heavy atom. The first-order valence-electron chi connectivity index (χ1n) is 10.2. The van der Waals surface area contributed by atoms with Crippen LogP contribution in [0.15, 0.2) is 66.2 Å². The second-order valence-electron chi connectivity index (χ2n) is 7.83. The predicted molar refractivity (Wildman–Crippen MR) is 120 cm³/mol. The predicted octanol–water partition coefficient (Wildman–Crippen LogP) is 4.54. The molecule has 0 bridgehead atoms. The number of fused-ring (bicyclic) bond motifs is 1. The van der Waals surface area contributed by atoms with Crippen molar-refractivity contribution < 1.29 is 33.7 Å². The zero-order valence-corrected chi connectivity index (χ0v) is 18.3. The number of hydrogen-bond acceptors (Lipinski definition) is 6. The smallest absolute Gasteiger partial charge is 0.295 e. The second kappa shape index (κ2) is 8.39. The summed E-state index contributed by atoms with van der Waals surface area (Å²) >= 11 is 6.11. The van der Waals surface area contributed by atoms with E-state index in [9.17, 15) is 24.2 Å². The van der Waals surface area contributed by atoms with Crippen molar-refractivity contribution in [3.8, 4) is 17.2 Å². The van der Waals surface area contributed by atoms with Gasteiger partial charge in [-0.05, 0) is 53.6 Å². The molecule has 0 aromatic heterocycles. The minimum atomic E-state index is -1.01. The molecular weight excluding hydrogens is 465 g/mol. The van der Waals surface area contributed by atoms with Crippen LogP contribution < -0.4 is 9.47 Å². The highest BCUT2D eigenvalue weighted by Gasteiger charge is 2.46. The number of carbonyl (C=O) groups is 2. The van der Waals surface area contributed by atoms with E-state index in [1.165, 1.54) is 53.4 Å². The Hall–Kier alpha value is -4.04. The normalized spacial score (nSPS) is 18.5. The van der Waals surface area contributed by atoms with E-state index in [-0.39, 0.29) is 35.2 Å². The van der Waals surface area contributed by atoms with Crippen molar-refractivity contribution in [1.29, 1.82) is 0 Å². The molecule has 1 amide bonds. The van der Waals surface area contributed by atoms with Gasteiger partial charge in [0.25, 0.3) is 11.7 Å². The van der Waals surface area contributed by atoms with Crippen molar-refractivity contribution >= 4 is 29.1 Å². The van der Waals surface area contributed by atoms with Gasteiger partial charge in [-0.25, -0.2) is 4.39 Å². The molecule has 3 aromatic carbocycles. The largest absolute Gasteiger partial charge is 0.507 e. The SMILES string of the molecule is O=C1C(=O)N(Cc2ccc(F)cc2)C(c2ccc(O)c(Cl)c2)/C1=C(/O)c1ccc2c(c1)OCO2. The molecule has 7 nitrogen and oxygen atoms in total. The van der Waals surface area contributed by atoms with Crippen LogP contribution in [0.25, 0.3) is 5.76 Å². The van der Waals surface area contributed by atoms with Gasteiger partial charge in [0.05, 0.1) is 16.6 Å². The molecule has 9 heteroatoms. The van der Waals surface area contributed by atoms with Gasteiger partial charge in [-0.2, -0.15) is 0 Å². The molecule has 0 radical (unpaired) electrons. The number of phenolic OH excluding ortho intramolecular Hbond substituents is 1. The summed E-state index contributed by atoms with van der Waals surface area (Å²) in [5.41, 5.74) is 1.11. The zero-order valence-electron chi connectivity index (χ0n) is 17.5. The molecule has 172 valence electrons. The standard InChI is InChI=1S/C25H17ClFNO6/c26-17-9-14(3-7-18(17)29)22-21(23(30)15-4-8-19-20(10-15)34-12-33-19)24(31)25(32)28(22)11-13-1-5-16(27)6-2-13/h1-10,22,29-30H,11-12H2/b23-21-. The van der Waals surface area contributed by atoms with Crippen LogP contribution in [-0.2, 0) is 16.1 Å². The molecule has 1 fully saturated rings.